The second kappa shape index (κ2) is 6.64. The third-order valence-corrected chi connectivity index (χ3v) is 3.45. The van der Waals surface area contributed by atoms with Crippen LogP contribution in [0.3, 0.4) is 0 Å². The van der Waals surface area contributed by atoms with Crippen molar-refractivity contribution in [3.63, 3.8) is 0 Å². The van der Waals surface area contributed by atoms with Gasteiger partial charge >= 0.3 is 6.18 Å². The first-order valence-electron chi connectivity index (χ1n) is 6.40. The molecule has 0 spiro atoms. The quantitative estimate of drug-likeness (QED) is 0.795. The van der Waals surface area contributed by atoms with Gasteiger partial charge in [0.05, 0.1) is 5.56 Å². The van der Waals surface area contributed by atoms with Crippen molar-refractivity contribution in [2.75, 3.05) is 20.6 Å². The molecule has 0 N–H and O–H groups in total. The largest absolute Gasteiger partial charge is 0.416 e. The Morgan fingerprint density at radius 3 is 2.25 bits per heavy atom. The van der Waals surface area contributed by atoms with Crippen molar-refractivity contribution in [2.24, 2.45) is 5.92 Å². The van der Waals surface area contributed by atoms with E-state index in [0.29, 0.717) is 5.92 Å². The van der Waals surface area contributed by atoms with Crippen LogP contribution >= 0.6 is 12.4 Å². The van der Waals surface area contributed by atoms with Crippen molar-refractivity contribution in [1.82, 2.24) is 4.90 Å². The Hall–Kier alpha value is -1.00. The molecular formula is C15H19ClF3N. The number of halogens is 4. The molecular weight excluding hydrogens is 287 g/mol. The van der Waals surface area contributed by atoms with Gasteiger partial charge < -0.3 is 4.90 Å². The van der Waals surface area contributed by atoms with Crippen molar-refractivity contribution in [2.45, 2.75) is 19.0 Å². The van der Waals surface area contributed by atoms with Crippen molar-refractivity contribution in [1.29, 1.82) is 0 Å². The van der Waals surface area contributed by atoms with Crippen LogP contribution in [0.5, 0.6) is 0 Å². The van der Waals surface area contributed by atoms with Gasteiger partial charge in [-0.2, -0.15) is 13.2 Å². The molecule has 0 fully saturated rings. The van der Waals surface area contributed by atoms with E-state index in [2.05, 4.69) is 11.0 Å². The lowest BCUT2D eigenvalue weighted by atomic mass is 9.94. The molecule has 112 valence electrons. The summed E-state index contributed by atoms with van der Waals surface area (Å²) >= 11 is 0. The second-order valence-electron chi connectivity index (χ2n) is 5.27. The van der Waals surface area contributed by atoms with Crippen LogP contribution in [-0.4, -0.2) is 25.5 Å². The highest BCUT2D eigenvalue weighted by molar-refractivity contribution is 5.85. The molecule has 0 bridgehead atoms. The molecule has 0 aromatic heterocycles. The number of benzene rings is 1. The molecule has 1 unspecified atom stereocenters. The van der Waals surface area contributed by atoms with Gasteiger partial charge in [-0.15, -0.1) is 12.4 Å². The van der Waals surface area contributed by atoms with Crippen molar-refractivity contribution in [3.8, 4) is 0 Å². The minimum Gasteiger partial charge on any atom is -0.309 e. The van der Waals surface area contributed by atoms with Gasteiger partial charge in [-0.3, -0.25) is 0 Å². The lowest BCUT2D eigenvalue weighted by Crippen LogP contribution is -2.21. The van der Waals surface area contributed by atoms with Crippen LogP contribution in [0, 0.1) is 5.92 Å². The van der Waals surface area contributed by atoms with E-state index in [9.17, 15) is 13.2 Å². The fraction of sp³-hybridized carbons (Fsp3) is 0.467. The third-order valence-electron chi connectivity index (χ3n) is 3.45. The number of hydrogen-bond acceptors (Lipinski definition) is 1. The van der Waals surface area contributed by atoms with Crippen LogP contribution in [0.25, 0.3) is 5.57 Å². The lowest BCUT2D eigenvalue weighted by Gasteiger charge is -2.20. The summed E-state index contributed by atoms with van der Waals surface area (Å²) in [6.07, 6.45) is -0.0220. The van der Waals surface area contributed by atoms with Gasteiger partial charge in [0, 0.05) is 6.54 Å². The number of alkyl halides is 3. The van der Waals surface area contributed by atoms with Gasteiger partial charge in [-0.25, -0.2) is 0 Å². The minimum absolute atomic E-state index is 0. The lowest BCUT2D eigenvalue weighted by molar-refractivity contribution is -0.137. The molecule has 1 aliphatic rings. The minimum atomic E-state index is -4.26. The average molecular weight is 306 g/mol. The molecule has 0 saturated carbocycles. The summed E-state index contributed by atoms with van der Waals surface area (Å²) in [6, 6.07) is 5.51. The fourth-order valence-corrected chi connectivity index (χ4v) is 2.60. The maximum atomic E-state index is 12.5. The van der Waals surface area contributed by atoms with Crippen LogP contribution in [-0.2, 0) is 6.18 Å². The van der Waals surface area contributed by atoms with Gasteiger partial charge in [0.15, 0.2) is 0 Å². The number of hydrogen-bond donors (Lipinski definition) is 0. The normalized spacial score (nSPS) is 18.9. The molecule has 1 aromatic rings. The Morgan fingerprint density at radius 2 is 1.75 bits per heavy atom. The zero-order valence-corrected chi connectivity index (χ0v) is 12.4. The SMILES string of the molecule is CN(C)CC1CCC=C1c1ccc(C(F)(F)F)cc1.Cl. The number of nitrogens with zero attached hydrogens (tertiary/aromatic N) is 1. The van der Waals surface area contributed by atoms with Crippen LogP contribution < -0.4 is 0 Å². The molecule has 1 aromatic carbocycles. The Morgan fingerprint density at radius 1 is 1.15 bits per heavy atom. The van der Waals surface area contributed by atoms with E-state index in [0.717, 1.165) is 24.9 Å². The number of allylic oxidation sites excluding steroid dienone is 1. The van der Waals surface area contributed by atoms with E-state index < -0.39 is 11.7 Å². The Kier molecular flexibility index (Phi) is 5.66. The van der Waals surface area contributed by atoms with Crippen molar-refractivity contribution >= 4 is 18.0 Å². The van der Waals surface area contributed by atoms with Gasteiger partial charge in [-0.05, 0) is 56.1 Å². The first-order chi connectivity index (χ1) is 8.88. The highest BCUT2D eigenvalue weighted by Crippen LogP contribution is 2.36. The molecule has 0 saturated heterocycles. The van der Waals surface area contributed by atoms with Crippen LogP contribution in [0.4, 0.5) is 13.2 Å². The first kappa shape index (κ1) is 17.1. The molecule has 1 aliphatic carbocycles. The molecule has 5 heteroatoms. The average Bonchev–Trinajstić information content (AvgIpc) is 2.75. The third kappa shape index (κ3) is 4.00. The molecule has 0 radical (unpaired) electrons. The first-order valence-corrected chi connectivity index (χ1v) is 6.40. The Balaban J connectivity index is 0.00000200. The number of rotatable bonds is 3. The predicted molar refractivity (Wildman–Crippen MR) is 77.9 cm³/mol. The Bertz CT molecular complexity index is 463. The standard InChI is InChI=1S/C15H18F3N.ClH/c1-19(2)10-12-4-3-5-14(12)11-6-8-13(9-7-11)15(16,17)18;/h5-9,12H,3-4,10H2,1-2H3;1H. The highest BCUT2D eigenvalue weighted by Gasteiger charge is 2.30. The van der Waals surface area contributed by atoms with E-state index in [4.69, 9.17) is 0 Å². The van der Waals surface area contributed by atoms with Crippen LogP contribution in [0.2, 0.25) is 0 Å². The molecule has 1 nitrogen and oxygen atoms in total. The molecule has 0 aliphatic heterocycles. The van der Waals surface area contributed by atoms with E-state index in [-0.39, 0.29) is 12.4 Å². The van der Waals surface area contributed by atoms with Crippen molar-refractivity contribution < 1.29 is 13.2 Å². The maximum Gasteiger partial charge on any atom is 0.416 e. The van der Waals surface area contributed by atoms with Crippen LogP contribution in [0.15, 0.2) is 30.3 Å². The smallest absolute Gasteiger partial charge is 0.309 e. The van der Waals surface area contributed by atoms with Gasteiger partial charge in [-0.1, -0.05) is 18.2 Å². The molecule has 20 heavy (non-hydrogen) atoms. The zero-order chi connectivity index (χ0) is 14.0. The van der Waals surface area contributed by atoms with Crippen LogP contribution in [0.1, 0.15) is 24.0 Å². The Labute approximate surface area is 123 Å². The summed E-state index contributed by atoms with van der Waals surface area (Å²) in [7, 11) is 4.03. The molecule has 0 amide bonds. The van der Waals surface area contributed by atoms with E-state index in [1.54, 1.807) is 12.1 Å². The molecule has 2 rings (SSSR count). The summed E-state index contributed by atoms with van der Waals surface area (Å²) in [4.78, 5) is 2.12. The van der Waals surface area contributed by atoms with Gasteiger partial charge in [0.2, 0.25) is 0 Å². The molecule has 0 heterocycles. The van der Waals surface area contributed by atoms with E-state index in [1.807, 2.05) is 14.1 Å². The zero-order valence-electron chi connectivity index (χ0n) is 11.6. The summed E-state index contributed by atoms with van der Waals surface area (Å²) in [5.74, 6) is 0.423. The van der Waals surface area contributed by atoms with E-state index in [1.165, 1.54) is 17.7 Å². The van der Waals surface area contributed by atoms with Crippen molar-refractivity contribution in [3.05, 3.63) is 41.5 Å². The predicted octanol–water partition coefficient (Wildman–Crippen LogP) is 4.48. The molecule has 1 atom stereocenters. The highest BCUT2D eigenvalue weighted by atomic mass is 35.5. The monoisotopic (exact) mass is 305 g/mol. The van der Waals surface area contributed by atoms with E-state index >= 15 is 0 Å². The summed E-state index contributed by atoms with van der Waals surface area (Å²) in [5, 5.41) is 0. The van der Waals surface area contributed by atoms with Gasteiger partial charge in [0.25, 0.3) is 0 Å². The summed E-state index contributed by atoms with van der Waals surface area (Å²) < 4.78 is 37.6. The summed E-state index contributed by atoms with van der Waals surface area (Å²) in [5.41, 5.74) is 1.51. The maximum absolute atomic E-state index is 12.5. The second-order valence-corrected chi connectivity index (χ2v) is 5.27. The topological polar surface area (TPSA) is 3.24 Å². The summed E-state index contributed by atoms with van der Waals surface area (Å²) in [6.45, 7) is 0.937. The fourth-order valence-electron chi connectivity index (χ4n) is 2.60. The van der Waals surface area contributed by atoms with Gasteiger partial charge in [0.1, 0.15) is 0 Å².